The lowest BCUT2D eigenvalue weighted by Gasteiger charge is -2.30. The molecule has 8 heteroatoms. The van der Waals surface area contributed by atoms with Crippen LogP contribution in [-0.4, -0.2) is 43.5 Å². The maximum Gasteiger partial charge on any atom is 0.254 e. The van der Waals surface area contributed by atoms with Crippen LogP contribution in [0.2, 0.25) is 0 Å². The molecule has 5 rings (SSSR count). The molecule has 2 heterocycles. The monoisotopic (exact) mass is 525 g/mol. The van der Waals surface area contributed by atoms with Gasteiger partial charge in [-0.05, 0) is 97.7 Å². The molecule has 0 spiro atoms. The SMILES string of the molecule is CCn1nnc2c(C)c([C@@H](CCC(=O)NO)c3ccc4c(c3)CN(C(=O)c3ccc(C)c(C)c3)CC4)ccc21. The fraction of sp³-hybridized carbons (Fsp3) is 0.355. The van der Waals surface area contributed by atoms with E-state index in [1.54, 1.807) is 5.48 Å². The van der Waals surface area contributed by atoms with Gasteiger partial charge in [0, 0.05) is 37.5 Å². The minimum absolute atomic E-state index is 0.0469. The second kappa shape index (κ2) is 11.0. The zero-order chi connectivity index (χ0) is 27.7. The molecular weight excluding hydrogens is 490 g/mol. The minimum atomic E-state index is -0.418. The van der Waals surface area contributed by atoms with Gasteiger partial charge in [-0.1, -0.05) is 35.5 Å². The van der Waals surface area contributed by atoms with E-state index in [0.29, 0.717) is 19.5 Å². The van der Waals surface area contributed by atoms with E-state index in [1.807, 2.05) is 61.5 Å². The largest absolute Gasteiger partial charge is 0.334 e. The number of amides is 2. The van der Waals surface area contributed by atoms with Crippen molar-refractivity contribution in [3.8, 4) is 0 Å². The predicted molar refractivity (Wildman–Crippen MR) is 150 cm³/mol. The number of hydroxylamine groups is 1. The molecule has 0 fully saturated rings. The van der Waals surface area contributed by atoms with Crippen LogP contribution < -0.4 is 5.48 Å². The van der Waals surface area contributed by atoms with Crippen molar-refractivity contribution in [3.63, 3.8) is 0 Å². The summed E-state index contributed by atoms with van der Waals surface area (Å²) in [5.74, 6) is -0.459. The molecule has 39 heavy (non-hydrogen) atoms. The quantitative estimate of drug-likeness (QED) is 0.262. The topological polar surface area (TPSA) is 100 Å². The van der Waals surface area contributed by atoms with Crippen LogP contribution in [0.3, 0.4) is 0 Å². The maximum absolute atomic E-state index is 13.4. The molecule has 0 radical (unpaired) electrons. The van der Waals surface area contributed by atoms with Gasteiger partial charge >= 0.3 is 0 Å². The number of rotatable bonds is 7. The highest BCUT2D eigenvalue weighted by Crippen LogP contribution is 2.36. The lowest BCUT2D eigenvalue weighted by molar-refractivity contribution is -0.129. The van der Waals surface area contributed by atoms with Gasteiger partial charge in [0.1, 0.15) is 5.52 Å². The maximum atomic E-state index is 13.4. The van der Waals surface area contributed by atoms with E-state index in [0.717, 1.165) is 57.4 Å². The molecule has 2 amide bonds. The van der Waals surface area contributed by atoms with E-state index < -0.39 is 5.91 Å². The number of hydrogen-bond donors (Lipinski definition) is 2. The van der Waals surface area contributed by atoms with Crippen molar-refractivity contribution in [2.24, 2.45) is 0 Å². The van der Waals surface area contributed by atoms with E-state index in [1.165, 1.54) is 11.1 Å². The summed E-state index contributed by atoms with van der Waals surface area (Å²) in [6, 6.07) is 16.5. The number of fused-ring (bicyclic) bond motifs is 2. The van der Waals surface area contributed by atoms with E-state index >= 15 is 0 Å². The smallest absolute Gasteiger partial charge is 0.254 e. The third-order valence-corrected chi connectivity index (χ3v) is 8.13. The number of carbonyl (C=O) groups excluding carboxylic acids is 2. The van der Waals surface area contributed by atoms with Crippen molar-refractivity contribution in [1.29, 1.82) is 0 Å². The van der Waals surface area contributed by atoms with Gasteiger partial charge in [-0.25, -0.2) is 10.2 Å². The van der Waals surface area contributed by atoms with Crippen molar-refractivity contribution in [3.05, 3.63) is 93.0 Å². The first-order valence-electron chi connectivity index (χ1n) is 13.5. The molecule has 0 bridgehead atoms. The summed E-state index contributed by atoms with van der Waals surface area (Å²) in [5, 5.41) is 17.8. The highest BCUT2D eigenvalue weighted by molar-refractivity contribution is 5.94. The predicted octanol–water partition coefficient (Wildman–Crippen LogP) is 4.99. The molecule has 3 aromatic carbocycles. The zero-order valence-electron chi connectivity index (χ0n) is 23.0. The second-order valence-corrected chi connectivity index (χ2v) is 10.5. The number of hydrogen-bond acceptors (Lipinski definition) is 5. The van der Waals surface area contributed by atoms with E-state index in [2.05, 4.69) is 34.6 Å². The molecule has 1 aliphatic heterocycles. The van der Waals surface area contributed by atoms with Crippen molar-refractivity contribution in [2.75, 3.05) is 6.54 Å². The van der Waals surface area contributed by atoms with Gasteiger partial charge in [-0.2, -0.15) is 0 Å². The van der Waals surface area contributed by atoms with Gasteiger partial charge in [0.25, 0.3) is 5.91 Å². The van der Waals surface area contributed by atoms with Crippen molar-refractivity contribution >= 4 is 22.8 Å². The molecule has 8 nitrogen and oxygen atoms in total. The highest BCUT2D eigenvalue weighted by Gasteiger charge is 2.25. The van der Waals surface area contributed by atoms with Crippen LogP contribution in [0.5, 0.6) is 0 Å². The fourth-order valence-corrected chi connectivity index (χ4v) is 5.65. The van der Waals surface area contributed by atoms with E-state index in [-0.39, 0.29) is 18.2 Å². The Morgan fingerprint density at radius 1 is 1.03 bits per heavy atom. The number of nitrogens with one attached hydrogen (secondary N) is 1. The van der Waals surface area contributed by atoms with Crippen LogP contribution in [0, 0.1) is 20.8 Å². The van der Waals surface area contributed by atoms with Gasteiger partial charge in [0.2, 0.25) is 5.91 Å². The Bertz CT molecular complexity index is 1560. The molecule has 4 aromatic rings. The van der Waals surface area contributed by atoms with Crippen LogP contribution in [0.25, 0.3) is 11.0 Å². The summed E-state index contributed by atoms with van der Waals surface area (Å²) < 4.78 is 1.88. The number of carbonyl (C=O) groups is 2. The summed E-state index contributed by atoms with van der Waals surface area (Å²) in [7, 11) is 0. The summed E-state index contributed by atoms with van der Waals surface area (Å²) in [6.07, 6.45) is 1.49. The molecule has 0 saturated heterocycles. The number of nitrogens with zero attached hydrogens (tertiary/aromatic N) is 4. The minimum Gasteiger partial charge on any atom is -0.334 e. The molecule has 1 atom stereocenters. The first kappa shape index (κ1) is 26.6. The van der Waals surface area contributed by atoms with E-state index in [9.17, 15) is 9.59 Å². The third-order valence-electron chi connectivity index (χ3n) is 8.13. The Balaban J connectivity index is 1.48. The average Bonchev–Trinajstić information content (AvgIpc) is 3.38. The molecule has 0 unspecified atom stereocenters. The van der Waals surface area contributed by atoms with Crippen molar-refractivity contribution in [2.45, 2.75) is 66.0 Å². The van der Waals surface area contributed by atoms with E-state index in [4.69, 9.17) is 5.21 Å². The summed E-state index contributed by atoms with van der Waals surface area (Å²) in [5.41, 5.74) is 12.2. The standard InChI is InChI=1S/C31H35N5O3/c1-5-36-28-12-10-26(21(4)30(28)32-34-36)27(11-13-29(37)33-39)23-9-8-22-14-15-35(18-25(22)17-23)31(38)24-7-6-19(2)20(3)16-24/h6-10,12,16-17,27,39H,5,11,13-15,18H2,1-4H3,(H,33,37)/t27-/m0/s1. The van der Waals surface area contributed by atoms with Gasteiger partial charge < -0.3 is 4.90 Å². The fourth-order valence-electron chi connectivity index (χ4n) is 5.65. The second-order valence-electron chi connectivity index (χ2n) is 10.5. The normalized spacial score (nSPS) is 13.8. The number of aryl methyl sites for hydroxylation is 4. The van der Waals surface area contributed by atoms with Gasteiger partial charge in [-0.15, -0.1) is 5.10 Å². The van der Waals surface area contributed by atoms with Gasteiger partial charge in [-0.3, -0.25) is 14.8 Å². The Morgan fingerprint density at radius 2 is 1.85 bits per heavy atom. The number of aromatic nitrogens is 3. The molecular formula is C31H35N5O3. The van der Waals surface area contributed by atoms with Crippen LogP contribution in [0.4, 0.5) is 0 Å². The molecule has 1 aromatic heterocycles. The average molecular weight is 526 g/mol. The lowest BCUT2D eigenvalue weighted by Crippen LogP contribution is -2.36. The molecule has 0 saturated carbocycles. The zero-order valence-corrected chi connectivity index (χ0v) is 23.0. The summed E-state index contributed by atoms with van der Waals surface area (Å²) in [6.45, 7) is 10.1. The Hall–Kier alpha value is -4.04. The van der Waals surface area contributed by atoms with Crippen molar-refractivity contribution in [1.82, 2.24) is 25.4 Å². The van der Waals surface area contributed by atoms with Crippen LogP contribution in [-0.2, 0) is 24.3 Å². The first-order chi connectivity index (χ1) is 18.8. The Morgan fingerprint density at radius 3 is 2.59 bits per heavy atom. The molecule has 202 valence electrons. The molecule has 0 aliphatic carbocycles. The van der Waals surface area contributed by atoms with Crippen LogP contribution in [0.1, 0.15) is 75.0 Å². The highest BCUT2D eigenvalue weighted by atomic mass is 16.5. The van der Waals surface area contributed by atoms with Crippen LogP contribution >= 0.6 is 0 Å². The summed E-state index contributed by atoms with van der Waals surface area (Å²) >= 11 is 0. The number of benzene rings is 3. The van der Waals surface area contributed by atoms with Crippen molar-refractivity contribution < 1.29 is 14.8 Å². The first-order valence-corrected chi connectivity index (χ1v) is 13.5. The Kier molecular flexibility index (Phi) is 7.48. The lowest BCUT2D eigenvalue weighted by atomic mass is 9.82. The third kappa shape index (κ3) is 5.16. The molecule has 1 aliphatic rings. The van der Waals surface area contributed by atoms with Gasteiger partial charge in [0.05, 0.1) is 5.52 Å². The van der Waals surface area contributed by atoms with Gasteiger partial charge in [0.15, 0.2) is 0 Å². The molecule has 2 N–H and O–H groups in total. The summed E-state index contributed by atoms with van der Waals surface area (Å²) in [4.78, 5) is 27.3. The Labute approximate surface area is 228 Å². The van der Waals surface area contributed by atoms with Crippen LogP contribution in [0.15, 0.2) is 48.5 Å².